The quantitative estimate of drug-likeness (QED) is 0.872. The van der Waals surface area contributed by atoms with Crippen LogP contribution < -0.4 is 0 Å². The van der Waals surface area contributed by atoms with Crippen molar-refractivity contribution in [2.24, 2.45) is 7.05 Å². The highest BCUT2D eigenvalue weighted by Crippen LogP contribution is 2.24. The van der Waals surface area contributed by atoms with E-state index in [2.05, 4.69) is 5.10 Å². The molecule has 1 aromatic carbocycles. The summed E-state index contributed by atoms with van der Waals surface area (Å²) in [5.74, 6) is -1.37. The summed E-state index contributed by atoms with van der Waals surface area (Å²) in [6.07, 6.45) is 0. The van der Waals surface area contributed by atoms with Crippen LogP contribution in [0.5, 0.6) is 0 Å². The maximum atomic E-state index is 13.8. The lowest BCUT2D eigenvalue weighted by atomic mass is 10.1. The molecule has 0 bridgehead atoms. The van der Waals surface area contributed by atoms with Gasteiger partial charge in [0.1, 0.15) is 17.3 Å². The first-order valence-electron chi connectivity index (χ1n) is 6.54. The molecule has 112 valence electrons. The number of hydrogen-bond acceptors (Lipinski definition) is 2. The Hall–Kier alpha value is -2.24. The second-order valence-corrected chi connectivity index (χ2v) is 5.05. The molecule has 1 unspecified atom stereocenters. The van der Waals surface area contributed by atoms with Crippen LogP contribution in [0, 0.1) is 18.6 Å². The first kappa shape index (κ1) is 15.2. The van der Waals surface area contributed by atoms with Crippen molar-refractivity contribution in [2.75, 3.05) is 7.05 Å². The normalized spacial score (nSPS) is 12.3. The molecule has 0 aliphatic carbocycles. The van der Waals surface area contributed by atoms with E-state index in [-0.39, 0.29) is 11.5 Å². The topological polar surface area (TPSA) is 38.1 Å². The zero-order chi connectivity index (χ0) is 15.7. The summed E-state index contributed by atoms with van der Waals surface area (Å²) in [4.78, 5) is 13.8. The second kappa shape index (κ2) is 5.63. The average Bonchev–Trinajstić information content (AvgIpc) is 2.78. The Balaban J connectivity index is 2.30. The third kappa shape index (κ3) is 2.94. The summed E-state index contributed by atoms with van der Waals surface area (Å²) in [7, 11) is 3.22. The van der Waals surface area contributed by atoms with Gasteiger partial charge in [0, 0.05) is 19.7 Å². The van der Waals surface area contributed by atoms with Crippen molar-refractivity contribution in [1.29, 1.82) is 0 Å². The molecule has 6 heteroatoms. The van der Waals surface area contributed by atoms with Gasteiger partial charge in [0.05, 0.1) is 11.7 Å². The Kier molecular flexibility index (Phi) is 4.06. The second-order valence-electron chi connectivity index (χ2n) is 5.05. The SMILES string of the molecule is Cc1cc(C(=O)N(C)C(C)c2cc(F)ccc2F)n(C)n1. The maximum absolute atomic E-state index is 13.8. The molecule has 0 fully saturated rings. The summed E-state index contributed by atoms with van der Waals surface area (Å²) < 4.78 is 28.6. The Morgan fingerprint density at radius 3 is 2.57 bits per heavy atom. The van der Waals surface area contributed by atoms with Crippen molar-refractivity contribution in [3.8, 4) is 0 Å². The van der Waals surface area contributed by atoms with Gasteiger partial charge in [-0.15, -0.1) is 0 Å². The van der Waals surface area contributed by atoms with Crippen molar-refractivity contribution < 1.29 is 13.6 Å². The molecule has 0 aliphatic heterocycles. The zero-order valence-electron chi connectivity index (χ0n) is 12.4. The molecule has 0 spiro atoms. The van der Waals surface area contributed by atoms with E-state index in [0.717, 1.165) is 23.9 Å². The minimum atomic E-state index is -0.594. The predicted molar refractivity (Wildman–Crippen MR) is 74.8 cm³/mol. The van der Waals surface area contributed by atoms with Gasteiger partial charge >= 0.3 is 0 Å². The fraction of sp³-hybridized carbons (Fsp3) is 0.333. The zero-order valence-corrected chi connectivity index (χ0v) is 12.4. The standard InChI is InChI=1S/C15H17F2N3O/c1-9-7-14(20(4)18-9)15(21)19(3)10(2)12-8-11(16)5-6-13(12)17/h5-8,10H,1-4H3. The van der Waals surface area contributed by atoms with Crippen LogP contribution in [0.3, 0.4) is 0 Å². The lowest BCUT2D eigenvalue weighted by Gasteiger charge is -2.25. The highest BCUT2D eigenvalue weighted by Gasteiger charge is 2.24. The number of benzene rings is 1. The minimum Gasteiger partial charge on any atom is -0.334 e. The van der Waals surface area contributed by atoms with E-state index >= 15 is 0 Å². The number of halogens is 2. The fourth-order valence-electron chi connectivity index (χ4n) is 2.21. The van der Waals surface area contributed by atoms with Gasteiger partial charge in [-0.1, -0.05) is 0 Å². The molecule has 0 saturated carbocycles. The Labute approximate surface area is 122 Å². The Morgan fingerprint density at radius 1 is 1.33 bits per heavy atom. The number of carbonyl (C=O) groups is 1. The highest BCUT2D eigenvalue weighted by atomic mass is 19.1. The predicted octanol–water partition coefficient (Wildman–Crippen LogP) is 2.84. The molecule has 0 radical (unpaired) electrons. The summed E-state index contributed by atoms with van der Waals surface area (Å²) in [5, 5.41) is 4.11. The molecule has 0 saturated heterocycles. The largest absolute Gasteiger partial charge is 0.334 e. The molecule has 1 aromatic heterocycles. The summed E-state index contributed by atoms with van der Waals surface area (Å²) in [6, 6.07) is 4.29. The molecular weight excluding hydrogens is 276 g/mol. The molecule has 1 heterocycles. The van der Waals surface area contributed by atoms with Crippen LogP contribution in [0.2, 0.25) is 0 Å². The van der Waals surface area contributed by atoms with E-state index in [0.29, 0.717) is 5.69 Å². The smallest absolute Gasteiger partial charge is 0.272 e. The van der Waals surface area contributed by atoms with Crippen molar-refractivity contribution in [2.45, 2.75) is 19.9 Å². The fourth-order valence-corrected chi connectivity index (χ4v) is 2.21. The monoisotopic (exact) mass is 293 g/mol. The van der Waals surface area contributed by atoms with Gasteiger partial charge < -0.3 is 4.90 Å². The molecular formula is C15H17F2N3O. The molecule has 4 nitrogen and oxygen atoms in total. The third-order valence-electron chi connectivity index (χ3n) is 3.53. The van der Waals surface area contributed by atoms with Crippen LogP contribution in [0.15, 0.2) is 24.3 Å². The van der Waals surface area contributed by atoms with Gasteiger partial charge in [-0.3, -0.25) is 9.48 Å². The molecule has 2 rings (SSSR count). The van der Waals surface area contributed by atoms with E-state index in [9.17, 15) is 13.6 Å². The van der Waals surface area contributed by atoms with Gasteiger partial charge in [0.2, 0.25) is 0 Å². The summed E-state index contributed by atoms with van der Waals surface area (Å²) >= 11 is 0. The molecule has 0 N–H and O–H groups in total. The molecule has 21 heavy (non-hydrogen) atoms. The third-order valence-corrected chi connectivity index (χ3v) is 3.53. The van der Waals surface area contributed by atoms with Crippen molar-refractivity contribution in [3.05, 3.63) is 52.9 Å². The number of hydrogen-bond donors (Lipinski definition) is 0. The van der Waals surface area contributed by atoms with E-state index in [1.54, 1.807) is 34.0 Å². The lowest BCUT2D eigenvalue weighted by molar-refractivity contribution is 0.0729. The first-order valence-corrected chi connectivity index (χ1v) is 6.54. The summed E-state index contributed by atoms with van der Waals surface area (Å²) in [6.45, 7) is 3.44. The van der Waals surface area contributed by atoms with E-state index < -0.39 is 17.7 Å². The van der Waals surface area contributed by atoms with Gasteiger partial charge in [-0.05, 0) is 38.1 Å². The van der Waals surface area contributed by atoms with Crippen molar-refractivity contribution >= 4 is 5.91 Å². The van der Waals surface area contributed by atoms with Crippen molar-refractivity contribution in [3.63, 3.8) is 0 Å². The van der Waals surface area contributed by atoms with Crippen LogP contribution in [0.1, 0.15) is 34.7 Å². The number of amides is 1. The van der Waals surface area contributed by atoms with E-state index in [4.69, 9.17) is 0 Å². The van der Waals surface area contributed by atoms with Crippen LogP contribution in [-0.4, -0.2) is 27.6 Å². The number of aromatic nitrogens is 2. The van der Waals surface area contributed by atoms with Gasteiger partial charge in [-0.25, -0.2) is 8.78 Å². The number of nitrogens with zero attached hydrogens (tertiary/aromatic N) is 3. The van der Waals surface area contributed by atoms with Crippen LogP contribution >= 0.6 is 0 Å². The van der Waals surface area contributed by atoms with Gasteiger partial charge in [-0.2, -0.15) is 5.10 Å². The van der Waals surface area contributed by atoms with Crippen LogP contribution in [0.4, 0.5) is 8.78 Å². The molecule has 1 amide bonds. The van der Waals surface area contributed by atoms with E-state index in [1.165, 1.54) is 9.58 Å². The van der Waals surface area contributed by atoms with Gasteiger partial charge in [0.15, 0.2) is 0 Å². The number of rotatable bonds is 3. The Bertz CT molecular complexity index is 682. The van der Waals surface area contributed by atoms with Crippen molar-refractivity contribution in [1.82, 2.24) is 14.7 Å². The average molecular weight is 293 g/mol. The molecule has 2 aromatic rings. The highest BCUT2D eigenvalue weighted by molar-refractivity contribution is 5.92. The Morgan fingerprint density at radius 2 is 2.00 bits per heavy atom. The first-order chi connectivity index (χ1) is 9.81. The van der Waals surface area contributed by atoms with Gasteiger partial charge in [0.25, 0.3) is 5.91 Å². The lowest BCUT2D eigenvalue weighted by Crippen LogP contribution is -2.31. The molecule has 1 atom stereocenters. The van der Waals surface area contributed by atoms with Crippen LogP contribution in [0.25, 0.3) is 0 Å². The number of aryl methyl sites for hydroxylation is 2. The molecule has 0 aliphatic rings. The maximum Gasteiger partial charge on any atom is 0.272 e. The number of carbonyl (C=O) groups excluding carboxylic acids is 1. The van der Waals surface area contributed by atoms with E-state index in [1.807, 2.05) is 0 Å². The van der Waals surface area contributed by atoms with Crippen LogP contribution in [-0.2, 0) is 7.05 Å². The minimum absolute atomic E-state index is 0.143. The summed E-state index contributed by atoms with van der Waals surface area (Å²) in [5.41, 5.74) is 1.27.